The molecule has 0 aliphatic carbocycles. The van der Waals surface area contributed by atoms with Gasteiger partial charge in [0.25, 0.3) is 0 Å². The Hall–Kier alpha value is -2.13. The van der Waals surface area contributed by atoms with Gasteiger partial charge >= 0.3 is 0 Å². The highest BCUT2D eigenvalue weighted by Gasteiger charge is 2.19. The normalized spacial score (nSPS) is 14.7. The third kappa shape index (κ3) is 1.15. The van der Waals surface area contributed by atoms with Crippen molar-refractivity contribution in [2.45, 2.75) is 13.0 Å². The molecule has 3 rings (SSSR count). The van der Waals surface area contributed by atoms with Crippen molar-refractivity contribution in [3.63, 3.8) is 0 Å². The van der Waals surface area contributed by atoms with E-state index in [0.29, 0.717) is 24.4 Å². The molecule has 80 valence electrons. The minimum absolute atomic E-state index is 0.180. The molecule has 0 saturated heterocycles. The van der Waals surface area contributed by atoms with Crippen molar-refractivity contribution in [1.82, 2.24) is 14.6 Å². The van der Waals surface area contributed by atoms with Gasteiger partial charge in [0, 0.05) is 11.8 Å². The molecule has 1 aliphatic rings. The van der Waals surface area contributed by atoms with Gasteiger partial charge in [0.15, 0.2) is 5.65 Å². The van der Waals surface area contributed by atoms with Crippen LogP contribution >= 0.6 is 0 Å². The predicted octanol–water partition coefficient (Wildman–Crippen LogP) is 0.256. The predicted molar refractivity (Wildman–Crippen MR) is 55.5 cm³/mol. The Morgan fingerprint density at radius 3 is 3.25 bits per heavy atom. The van der Waals surface area contributed by atoms with E-state index in [0.717, 1.165) is 17.5 Å². The Morgan fingerprint density at radius 2 is 2.44 bits per heavy atom. The lowest BCUT2D eigenvalue weighted by Crippen LogP contribution is -2.13. The molecule has 0 atom stereocenters. The van der Waals surface area contributed by atoms with Crippen LogP contribution in [0.25, 0.3) is 5.65 Å². The van der Waals surface area contributed by atoms with Crippen LogP contribution in [0.2, 0.25) is 0 Å². The second kappa shape index (κ2) is 3.18. The number of nitrogen functional groups attached to an aromatic ring is 1. The summed E-state index contributed by atoms with van der Waals surface area (Å²) in [6, 6.07) is 2.18. The maximum Gasteiger partial charge on any atom is 0.240 e. The number of pyridine rings is 1. The molecule has 0 radical (unpaired) electrons. The lowest BCUT2D eigenvalue weighted by atomic mass is 10.0. The van der Waals surface area contributed by atoms with Crippen molar-refractivity contribution in [2.24, 2.45) is 0 Å². The molecule has 0 unspecified atom stereocenters. The van der Waals surface area contributed by atoms with E-state index in [1.807, 2.05) is 6.20 Å². The van der Waals surface area contributed by atoms with Gasteiger partial charge in [-0.15, -0.1) is 5.10 Å². The highest BCUT2D eigenvalue weighted by molar-refractivity contribution is 5.62. The molecule has 6 heteroatoms. The average Bonchev–Trinajstić information content (AvgIpc) is 2.65. The summed E-state index contributed by atoms with van der Waals surface area (Å²) in [5, 5.41) is 13.2. The van der Waals surface area contributed by atoms with Crippen LogP contribution < -0.4 is 5.73 Å². The van der Waals surface area contributed by atoms with Crippen molar-refractivity contribution >= 4 is 11.6 Å². The van der Waals surface area contributed by atoms with E-state index in [1.165, 1.54) is 0 Å². The molecular weight excluding hydrogens is 206 g/mol. The quantitative estimate of drug-likeness (QED) is 0.680. The molecule has 1 aliphatic heterocycles. The Bertz CT molecular complexity index is 610. The molecule has 0 amide bonds. The van der Waals surface area contributed by atoms with E-state index >= 15 is 0 Å². The zero-order chi connectivity index (χ0) is 11.1. The van der Waals surface area contributed by atoms with Gasteiger partial charge in [0.2, 0.25) is 5.95 Å². The van der Waals surface area contributed by atoms with Crippen molar-refractivity contribution < 1.29 is 4.74 Å². The minimum atomic E-state index is 0.180. The highest BCUT2D eigenvalue weighted by atomic mass is 16.5. The number of nitrogens with two attached hydrogens (primary N) is 1. The second-order valence-corrected chi connectivity index (χ2v) is 3.66. The third-order valence-corrected chi connectivity index (χ3v) is 2.70. The van der Waals surface area contributed by atoms with Gasteiger partial charge in [-0.3, -0.25) is 0 Å². The summed E-state index contributed by atoms with van der Waals surface area (Å²) in [5.74, 6) is 0.180. The molecule has 0 bridgehead atoms. The van der Waals surface area contributed by atoms with Crippen LogP contribution in [0.5, 0.6) is 0 Å². The standard InChI is InChI=1S/C10H9N5O/c11-3-8-7-1-2-16-5-6(7)4-15-9(8)13-10(12)14-15/h4H,1-2,5H2,(H2,12,14). The van der Waals surface area contributed by atoms with Crippen LogP contribution in [0.1, 0.15) is 16.7 Å². The first-order valence-electron chi connectivity index (χ1n) is 4.94. The number of nitrogens with zero attached hydrogens (tertiary/aromatic N) is 4. The Kier molecular flexibility index (Phi) is 1.81. The molecule has 0 saturated carbocycles. The summed E-state index contributed by atoms with van der Waals surface area (Å²) in [5.41, 5.74) is 8.61. The van der Waals surface area contributed by atoms with Gasteiger partial charge in [-0.2, -0.15) is 10.2 Å². The number of anilines is 1. The number of aromatic nitrogens is 3. The van der Waals surface area contributed by atoms with E-state index in [1.54, 1.807) is 4.52 Å². The summed E-state index contributed by atoms with van der Waals surface area (Å²) in [6.45, 7) is 1.15. The van der Waals surface area contributed by atoms with Crippen LogP contribution in [0, 0.1) is 11.3 Å². The topological polar surface area (TPSA) is 89.2 Å². The average molecular weight is 215 g/mol. The van der Waals surface area contributed by atoms with E-state index in [2.05, 4.69) is 16.2 Å². The third-order valence-electron chi connectivity index (χ3n) is 2.70. The highest BCUT2D eigenvalue weighted by Crippen LogP contribution is 2.23. The van der Waals surface area contributed by atoms with Crippen molar-refractivity contribution in [1.29, 1.82) is 5.26 Å². The van der Waals surface area contributed by atoms with Crippen LogP contribution in [0.15, 0.2) is 6.20 Å². The maximum absolute atomic E-state index is 9.19. The molecule has 0 spiro atoms. The van der Waals surface area contributed by atoms with Gasteiger partial charge < -0.3 is 10.5 Å². The number of rotatable bonds is 0. The SMILES string of the molecule is N#Cc1c2c(cn3nc(N)nc13)COCC2. The maximum atomic E-state index is 9.19. The lowest BCUT2D eigenvalue weighted by Gasteiger charge is -2.17. The van der Waals surface area contributed by atoms with Gasteiger partial charge in [0.05, 0.1) is 13.2 Å². The van der Waals surface area contributed by atoms with Crippen LogP contribution in [0.3, 0.4) is 0 Å². The van der Waals surface area contributed by atoms with Gasteiger partial charge in [-0.25, -0.2) is 4.52 Å². The van der Waals surface area contributed by atoms with Gasteiger partial charge in [0.1, 0.15) is 11.6 Å². The van der Waals surface area contributed by atoms with Crippen molar-refractivity contribution in [3.05, 3.63) is 22.9 Å². The summed E-state index contributed by atoms with van der Waals surface area (Å²) < 4.78 is 6.89. The van der Waals surface area contributed by atoms with E-state index in [4.69, 9.17) is 10.5 Å². The Morgan fingerprint density at radius 1 is 1.56 bits per heavy atom. The summed E-state index contributed by atoms with van der Waals surface area (Å²) in [4.78, 5) is 4.06. The fourth-order valence-corrected chi connectivity index (χ4v) is 2.01. The first-order chi connectivity index (χ1) is 7.79. The van der Waals surface area contributed by atoms with Gasteiger partial charge in [-0.05, 0) is 12.0 Å². The van der Waals surface area contributed by atoms with Crippen LogP contribution in [-0.4, -0.2) is 21.2 Å². The minimum Gasteiger partial charge on any atom is -0.376 e. The molecule has 0 aromatic carbocycles. The Labute approximate surface area is 91.3 Å². The number of ether oxygens (including phenoxy) is 1. The summed E-state index contributed by atoms with van der Waals surface area (Å²) >= 11 is 0. The summed E-state index contributed by atoms with van der Waals surface area (Å²) in [7, 11) is 0. The second-order valence-electron chi connectivity index (χ2n) is 3.66. The Balaban J connectivity index is 2.40. The van der Waals surface area contributed by atoms with Crippen molar-refractivity contribution in [2.75, 3.05) is 12.3 Å². The number of fused-ring (bicyclic) bond motifs is 2. The van der Waals surface area contributed by atoms with Crippen molar-refractivity contribution in [3.8, 4) is 6.07 Å². The molecule has 6 nitrogen and oxygen atoms in total. The molecular formula is C10H9N5O. The van der Waals surface area contributed by atoms with Crippen LogP contribution in [-0.2, 0) is 17.8 Å². The first kappa shape index (κ1) is 9.12. The molecule has 2 N–H and O–H groups in total. The fraction of sp³-hybridized carbons (Fsp3) is 0.300. The number of hydrogen-bond donors (Lipinski definition) is 1. The molecule has 2 aromatic rings. The lowest BCUT2D eigenvalue weighted by molar-refractivity contribution is 0.110. The molecule has 0 fully saturated rings. The zero-order valence-electron chi connectivity index (χ0n) is 8.47. The number of nitriles is 1. The zero-order valence-corrected chi connectivity index (χ0v) is 8.47. The van der Waals surface area contributed by atoms with E-state index < -0.39 is 0 Å². The molecule has 16 heavy (non-hydrogen) atoms. The molecule has 3 heterocycles. The largest absolute Gasteiger partial charge is 0.376 e. The van der Waals surface area contributed by atoms with E-state index in [-0.39, 0.29) is 5.95 Å². The van der Waals surface area contributed by atoms with Crippen LogP contribution in [0.4, 0.5) is 5.95 Å². The molecule has 2 aromatic heterocycles. The first-order valence-corrected chi connectivity index (χ1v) is 4.94. The van der Waals surface area contributed by atoms with E-state index in [9.17, 15) is 5.26 Å². The monoisotopic (exact) mass is 215 g/mol. The summed E-state index contributed by atoms with van der Waals surface area (Å²) in [6.07, 6.45) is 2.56. The number of hydrogen-bond acceptors (Lipinski definition) is 5. The smallest absolute Gasteiger partial charge is 0.240 e. The van der Waals surface area contributed by atoms with Gasteiger partial charge in [-0.1, -0.05) is 0 Å². The fourth-order valence-electron chi connectivity index (χ4n) is 2.01.